The molecule has 0 aromatic carbocycles. The van der Waals surface area contributed by atoms with Crippen molar-refractivity contribution in [2.75, 3.05) is 37.4 Å². The highest BCUT2D eigenvalue weighted by Gasteiger charge is 2.38. The van der Waals surface area contributed by atoms with E-state index in [4.69, 9.17) is 0 Å². The van der Waals surface area contributed by atoms with E-state index in [0.717, 1.165) is 23.4 Å². The summed E-state index contributed by atoms with van der Waals surface area (Å²) in [5.41, 5.74) is 0. The molecule has 0 N–H and O–H groups in total. The van der Waals surface area contributed by atoms with Crippen molar-refractivity contribution in [3.63, 3.8) is 0 Å². The standard InChI is InChI=1S/C13H24N2O5S2/c1-11-3-6-14(7-4-11)13(16)9-15(21(2,17)18)12-5-8-22(19,20)10-12/h11-12H,3-10H2,1-2H3. The Morgan fingerprint density at radius 1 is 1.23 bits per heavy atom. The van der Waals surface area contributed by atoms with Crippen LogP contribution in [0, 0.1) is 5.92 Å². The van der Waals surface area contributed by atoms with Gasteiger partial charge >= 0.3 is 0 Å². The number of sulfone groups is 1. The number of likely N-dealkylation sites (tertiary alicyclic amines) is 1. The monoisotopic (exact) mass is 352 g/mol. The van der Waals surface area contributed by atoms with E-state index in [1.165, 1.54) is 0 Å². The molecule has 1 unspecified atom stereocenters. The van der Waals surface area contributed by atoms with Crippen LogP contribution in [0.2, 0.25) is 0 Å². The van der Waals surface area contributed by atoms with Crippen LogP contribution >= 0.6 is 0 Å². The number of sulfonamides is 1. The minimum absolute atomic E-state index is 0.0148. The van der Waals surface area contributed by atoms with Crippen molar-refractivity contribution < 1.29 is 21.6 Å². The first kappa shape index (κ1) is 17.7. The zero-order valence-corrected chi connectivity index (χ0v) is 14.7. The van der Waals surface area contributed by atoms with Gasteiger partial charge in [-0.1, -0.05) is 6.92 Å². The van der Waals surface area contributed by atoms with Gasteiger partial charge in [0.25, 0.3) is 0 Å². The third kappa shape index (κ3) is 4.42. The summed E-state index contributed by atoms with van der Waals surface area (Å²) in [4.78, 5) is 14.0. The molecule has 0 aromatic heterocycles. The summed E-state index contributed by atoms with van der Waals surface area (Å²) in [5, 5.41) is 0. The van der Waals surface area contributed by atoms with Crippen LogP contribution in [0.4, 0.5) is 0 Å². The molecule has 128 valence electrons. The van der Waals surface area contributed by atoms with Crippen LogP contribution in [-0.4, -0.2) is 75.4 Å². The van der Waals surface area contributed by atoms with Gasteiger partial charge in [-0.25, -0.2) is 16.8 Å². The van der Waals surface area contributed by atoms with Gasteiger partial charge in [-0.05, 0) is 25.2 Å². The van der Waals surface area contributed by atoms with Gasteiger partial charge in [0.2, 0.25) is 15.9 Å². The molecule has 1 amide bonds. The molecule has 0 radical (unpaired) electrons. The molecule has 2 aliphatic heterocycles. The molecule has 0 aliphatic carbocycles. The van der Waals surface area contributed by atoms with Crippen LogP contribution in [0.25, 0.3) is 0 Å². The highest BCUT2D eigenvalue weighted by atomic mass is 32.2. The van der Waals surface area contributed by atoms with Gasteiger partial charge in [-0.15, -0.1) is 0 Å². The van der Waals surface area contributed by atoms with Crippen molar-refractivity contribution in [2.24, 2.45) is 5.92 Å². The van der Waals surface area contributed by atoms with Crippen LogP contribution < -0.4 is 0 Å². The molecule has 2 saturated heterocycles. The summed E-state index contributed by atoms with van der Waals surface area (Å²) in [6, 6.07) is -0.618. The average Bonchev–Trinajstić information content (AvgIpc) is 2.75. The lowest BCUT2D eigenvalue weighted by Crippen LogP contribution is -2.49. The Morgan fingerprint density at radius 3 is 2.27 bits per heavy atom. The maximum absolute atomic E-state index is 12.4. The number of hydrogen-bond acceptors (Lipinski definition) is 5. The minimum Gasteiger partial charge on any atom is -0.342 e. The van der Waals surface area contributed by atoms with Gasteiger partial charge in [0.05, 0.1) is 24.3 Å². The number of hydrogen-bond donors (Lipinski definition) is 0. The first-order valence-electron chi connectivity index (χ1n) is 7.53. The quantitative estimate of drug-likeness (QED) is 0.692. The number of rotatable bonds is 4. The minimum atomic E-state index is -3.62. The molecule has 0 aromatic rings. The van der Waals surface area contributed by atoms with Gasteiger partial charge in [0.1, 0.15) is 0 Å². The second-order valence-corrected chi connectivity index (χ2v) is 10.6. The summed E-state index contributed by atoms with van der Waals surface area (Å²) in [5.74, 6) is 0.139. The molecule has 2 rings (SSSR count). The fourth-order valence-corrected chi connectivity index (χ4v) is 5.90. The summed E-state index contributed by atoms with van der Waals surface area (Å²) < 4.78 is 48.1. The number of carbonyl (C=O) groups is 1. The summed E-state index contributed by atoms with van der Waals surface area (Å²) in [6.45, 7) is 3.16. The molecular formula is C13H24N2O5S2. The number of carbonyl (C=O) groups excluding carboxylic acids is 1. The number of piperidine rings is 1. The van der Waals surface area contributed by atoms with Gasteiger partial charge < -0.3 is 4.90 Å². The molecule has 7 nitrogen and oxygen atoms in total. The first-order chi connectivity index (χ1) is 10.1. The van der Waals surface area contributed by atoms with E-state index >= 15 is 0 Å². The Bertz CT molecular complexity index is 621. The van der Waals surface area contributed by atoms with E-state index < -0.39 is 25.9 Å². The molecule has 0 spiro atoms. The van der Waals surface area contributed by atoms with E-state index in [1.807, 2.05) is 0 Å². The van der Waals surface area contributed by atoms with Crippen LogP contribution in [-0.2, 0) is 24.7 Å². The van der Waals surface area contributed by atoms with Crippen LogP contribution in [0.5, 0.6) is 0 Å². The maximum atomic E-state index is 12.4. The zero-order valence-electron chi connectivity index (χ0n) is 13.1. The SMILES string of the molecule is CC1CCN(C(=O)CN(C2CCS(=O)(=O)C2)S(C)(=O)=O)CC1. The van der Waals surface area contributed by atoms with E-state index in [2.05, 4.69) is 6.92 Å². The zero-order chi connectivity index (χ0) is 16.5. The smallest absolute Gasteiger partial charge is 0.237 e. The molecule has 1 atom stereocenters. The summed E-state index contributed by atoms with van der Waals surface area (Å²) in [7, 11) is -6.82. The van der Waals surface area contributed by atoms with E-state index in [-0.39, 0.29) is 30.4 Å². The normalized spacial score (nSPS) is 26.5. The Morgan fingerprint density at radius 2 is 1.82 bits per heavy atom. The molecule has 2 heterocycles. The van der Waals surface area contributed by atoms with Crippen molar-refractivity contribution >= 4 is 25.8 Å². The Hall–Kier alpha value is -0.670. The van der Waals surface area contributed by atoms with Crippen LogP contribution in [0.1, 0.15) is 26.2 Å². The van der Waals surface area contributed by atoms with E-state index in [9.17, 15) is 21.6 Å². The summed E-state index contributed by atoms with van der Waals surface area (Å²) >= 11 is 0. The predicted molar refractivity (Wildman–Crippen MR) is 83.6 cm³/mol. The fraction of sp³-hybridized carbons (Fsp3) is 0.923. The molecule has 0 saturated carbocycles. The average molecular weight is 352 g/mol. The van der Waals surface area contributed by atoms with Gasteiger partial charge in [-0.3, -0.25) is 4.79 Å². The lowest BCUT2D eigenvalue weighted by molar-refractivity contribution is -0.133. The lowest BCUT2D eigenvalue weighted by Gasteiger charge is -2.33. The third-order valence-corrected chi connectivity index (χ3v) is 7.50. The molecule has 22 heavy (non-hydrogen) atoms. The largest absolute Gasteiger partial charge is 0.342 e. The van der Waals surface area contributed by atoms with Gasteiger partial charge in [0, 0.05) is 19.1 Å². The third-order valence-electron chi connectivity index (χ3n) is 4.47. The molecule has 0 bridgehead atoms. The van der Waals surface area contributed by atoms with E-state index in [0.29, 0.717) is 19.0 Å². The van der Waals surface area contributed by atoms with E-state index in [1.54, 1.807) is 4.90 Å². The molecule has 9 heteroatoms. The molecule has 2 fully saturated rings. The second-order valence-electron chi connectivity index (χ2n) is 6.43. The topological polar surface area (TPSA) is 91.8 Å². The fourth-order valence-electron chi connectivity index (χ4n) is 3.01. The Balaban J connectivity index is 2.06. The van der Waals surface area contributed by atoms with Gasteiger partial charge in [0.15, 0.2) is 9.84 Å². The highest BCUT2D eigenvalue weighted by Crippen LogP contribution is 2.21. The van der Waals surface area contributed by atoms with Crippen molar-refractivity contribution in [1.29, 1.82) is 0 Å². The maximum Gasteiger partial charge on any atom is 0.237 e. The Labute approximate surface area is 132 Å². The number of amides is 1. The van der Waals surface area contributed by atoms with Crippen molar-refractivity contribution in [2.45, 2.75) is 32.2 Å². The van der Waals surface area contributed by atoms with Crippen LogP contribution in [0.3, 0.4) is 0 Å². The number of nitrogens with zero attached hydrogens (tertiary/aromatic N) is 2. The Kier molecular flexibility index (Phi) is 5.18. The van der Waals surface area contributed by atoms with Crippen LogP contribution in [0.15, 0.2) is 0 Å². The molecular weight excluding hydrogens is 328 g/mol. The van der Waals surface area contributed by atoms with Crippen molar-refractivity contribution in [3.05, 3.63) is 0 Å². The van der Waals surface area contributed by atoms with Crippen molar-refractivity contribution in [1.82, 2.24) is 9.21 Å². The van der Waals surface area contributed by atoms with Gasteiger partial charge in [-0.2, -0.15) is 4.31 Å². The molecule has 2 aliphatic rings. The van der Waals surface area contributed by atoms with Crippen molar-refractivity contribution in [3.8, 4) is 0 Å². The summed E-state index contributed by atoms with van der Waals surface area (Å²) in [6.07, 6.45) is 3.13. The highest BCUT2D eigenvalue weighted by molar-refractivity contribution is 7.92. The first-order valence-corrected chi connectivity index (χ1v) is 11.2. The lowest BCUT2D eigenvalue weighted by atomic mass is 9.99. The second kappa shape index (κ2) is 6.45. The predicted octanol–water partition coefficient (Wildman–Crippen LogP) is -0.306.